The smallest absolute Gasteiger partial charge is 0.407 e. The fourth-order valence-electron chi connectivity index (χ4n) is 12.4. The minimum atomic E-state index is -4.15. The Labute approximate surface area is 569 Å². The fraction of sp³-hybridized carbons (Fsp3) is 0.549. The first kappa shape index (κ1) is 74.2. The van der Waals surface area contributed by atoms with Gasteiger partial charge in [0, 0.05) is 73.0 Å². The zero-order valence-electron chi connectivity index (χ0n) is 57.4. The van der Waals surface area contributed by atoms with Gasteiger partial charge in [-0.2, -0.15) is 8.61 Å². The number of alkyl carbamates (subject to hydrolysis) is 2. The topological polar surface area (TPSA) is 326 Å². The molecule has 10 unspecified atom stereocenters. The van der Waals surface area contributed by atoms with Gasteiger partial charge in [0.1, 0.15) is 12.2 Å². The molecule has 6 heterocycles. The lowest BCUT2D eigenvalue weighted by Gasteiger charge is -2.31. The number of aromatic hydroxyl groups is 2. The Morgan fingerprint density at radius 1 is 0.619 bits per heavy atom. The molecule has 10 rings (SSSR count). The quantitative estimate of drug-likeness (QED) is 0.0234. The number of sulfonamides is 2. The Balaban J connectivity index is 0.000000227. The number of ether oxygens (including phenoxy) is 6. The van der Waals surface area contributed by atoms with Crippen molar-refractivity contribution in [2.75, 3.05) is 65.7 Å². The number of aliphatic imine (C=N–C) groups is 2. The van der Waals surface area contributed by atoms with Crippen LogP contribution in [0.2, 0.25) is 0 Å². The van der Waals surface area contributed by atoms with Gasteiger partial charge in [-0.05, 0) is 103 Å². The van der Waals surface area contributed by atoms with Gasteiger partial charge in [-0.15, -0.1) is 0 Å². The third-order valence-corrected chi connectivity index (χ3v) is 20.9. The zero-order chi connectivity index (χ0) is 70.1. The maximum Gasteiger partial charge on any atom is 0.407 e. The van der Waals surface area contributed by atoms with Crippen molar-refractivity contribution in [2.24, 2.45) is 44.5 Å². The van der Waals surface area contributed by atoms with E-state index in [4.69, 9.17) is 28.4 Å². The normalized spacial score (nSPS) is 21.3. The van der Waals surface area contributed by atoms with Gasteiger partial charge in [0.05, 0.1) is 83.5 Å². The number of rotatable bonds is 26. The van der Waals surface area contributed by atoms with E-state index in [1.165, 1.54) is 32.9 Å². The van der Waals surface area contributed by atoms with Crippen LogP contribution in [0.5, 0.6) is 11.8 Å². The molecule has 0 spiro atoms. The molecule has 6 aromatic rings. The first-order valence-corrected chi connectivity index (χ1v) is 36.3. The van der Waals surface area contributed by atoms with Gasteiger partial charge in [0.25, 0.3) is 0 Å². The average Bonchev–Trinajstić information content (AvgIpc) is 1.52. The summed E-state index contributed by atoms with van der Waals surface area (Å²) < 4.78 is 93.3. The van der Waals surface area contributed by atoms with E-state index in [-0.39, 0.29) is 121 Å². The summed E-state index contributed by atoms with van der Waals surface area (Å²) >= 11 is 0. The highest BCUT2D eigenvalue weighted by Gasteiger charge is 2.46. The van der Waals surface area contributed by atoms with Gasteiger partial charge in [0.2, 0.25) is 20.0 Å². The second-order valence-corrected chi connectivity index (χ2v) is 32.9. The Morgan fingerprint density at radius 2 is 1.05 bits per heavy atom. The number of aliphatic hydroxyl groups excluding tert-OH is 2. The predicted octanol–water partition coefficient (Wildman–Crippen LogP) is 9.28. The Morgan fingerprint density at radius 3 is 1.49 bits per heavy atom. The van der Waals surface area contributed by atoms with Crippen LogP contribution in [0.4, 0.5) is 9.59 Å². The van der Waals surface area contributed by atoms with Crippen molar-refractivity contribution >= 4 is 66.0 Å². The maximum atomic E-state index is 14.3. The van der Waals surface area contributed by atoms with Crippen LogP contribution in [0, 0.1) is 34.5 Å². The Kier molecular flexibility index (Phi) is 24.4. The molecule has 0 aliphatic carbocycles. The van der Waals surface area contributed by atoms with Crippen LogP contribution in [0.3, 0.4) is 0 Å². The summed E-state index contributed by atoms with van der Waals surface area (Å²) in [6.07, 6.45) is -2.23. The summed E-state index contributed by atoms with van der Waals surface area (Å²) in [6.45, 7) is 24.0. The summed E-state index contributed by atoms with van der Waals surface area (Å²) in [5.41, 5.74) is 4.14. The number of nitrogens with one attached hydrogen (secondary N) is 4. The Hall–Kier alpha value is -6.98. The minimum Gasteiger partial charge on any atom is -0.494 e. The average molecular weight is 1380 g/mol. The number of carbonyl (C=O) groups is 2. The molecular weight excluding hydrogens is 1280 g/mol. The SMILES string of the molecule is CC(=NCC(C)(C)C)c1c(O)[nH]c2ccc(S(=O)(=O)N(CC(C)C)CC(O)C(Cc3ccccc3)NC(=O)OC3COC4OCCC34)cc12.CC(C)CN(CC(O)C(Cc1ccccc1)NC(=O)OC1COC2OCCC12)S(=O)(=O)c1ccc2[nH]c(O)c(C=NCC(C)(C)C)c2c1. The molecule has 4 aromatic carbocycles. The van der Waals surface area contributed by atoms with E-state index >= 15 is 0 Å². The third-order valence-electron chi connectivity index (χ3n) is 17.3. The summed E-state index contributed by atoms with van der Waals surface area (Å²) in [5, 5.41) is 51.3. The van der Waals surface area contributed by atoms with Crippen LogP contribution in [-0.2, 0) is 61.3 Å². The van der Waals surface area contributed by atoms with Gasteiger partial charge in [0.15, 0.2) is 24.3 Å². The number of hydrogen-bond donors (Lipinski definition) is 8. The number of amides is 2. The highest BCUT2D eigenvalue weighted by molar-refractivity contribution is 7.89. The van der Waals surface area contributed by atoms with Crippen LogP contribution < -0.4 is 10.6 Å². The molecular formula is C71H98N8O16S2. The molecule has 4 fully saturated rings. The van der Waals surface area contributed by atoms with Crippen molar-refractivity contribution in [2.45, 2.75) is 161 Å². The molecule has 0 radical (unpaired) electrons. The third kappa shape index (κ3) is 19.5. The number of aromatic amines is 2. The first-order chi connectivity index (χ1) is 45.8. The summed E-state index contributed by atoms with van der Waals surface area (Å²) in [5.74, 6) is -0.433. The molecule has 2 aromatic heterocycles. The van der Waals surface area contributed by atoms with Gasteiger partial charge in [-0.3, -0.25) is 9.98 Å². The standard InChI is InChI=1S/C36H50N4O8S.C35H48N4O8S/c1-22(2)18-40(49(44,45)25-12-13-28-27(17-25)32(33(42)38-28)23(3)37-21-36(4,5)6)19-30(41)29(16-24-10-8-7-9-11-24)39-35(43)48-31-20-47-34-26(31)14-15-46-34;1-22(2)18-39(48(43,44)24-11-12-28-26(16-24)27(32(41)37-28)17-36-21-35(3,4)5)19-30(40)29(15-23-9-7-6-8-10-23)38-34(42)47-31-20-46-33-25(31)13-14-45-33/h7-13,17,22,26,29-31,34,38,41-42H,14-16,18-21H2,1-6H3,(H,39,43);6-12,16-17,22,25,29-31,33,37,40-41H,13-15,18-21H2,1-5H3,(H,38,42). The Bertz CT molecular complexity index is 3920. The van der Waals surface area contributed by atoms with Crippen LogP contribution in [0.15, 0.2) is 117 Å². The van der Waals surface area contributed by atoms with Crippen LogP contribution in [0.25, 0.3) is 21.8 Å². The predicted molar refractivity (Wildman–Crippen MR) is 370 cm³/mol. The lowest BCUT2D eigenvalue weighted by atomic mass is 9.97. The van der Waals surface area contributed by atoms with E-state index in [2.05, 4.69) is 72.1 Å². The highest BCUT2D eigenvalue weighted by atomic mass is 32.2. The number of fused-ring (bicyclic) bond motifs is 4. The second kappa shape index (κ2) is 31.9. The summed E-state index contributed by atoms with van der Waals surface area (Å²) in [4.78, 5) is 41.3. The van der Waals surface area contributed by atoms with Crippen molar-refractivity contribution < 1.29 is 75.3 Å². The van der Waals surface area contributed by atoms with Gasteiger partial charge < -0.3 is 69.4 Å². The van der Waals surface area contributed by atoms with Crippen molar-refractivity contribution in [1.29, 1.82) is 0 Å². The number of benzene rings is 4. The monoisotopic (exact) mass is 1380 g/mol. The summed E-state index contributed by atoms with van der Waals surface area (Å²) in [6, 6.07) is 26.2. The first-order valence-electron chi connectivity index (χ1n) is 33.4. The van der Waals surface area contributed by atoms with E-state index in [0.29, 0.717) is 64.9 Å². The zero-order valence-corrected chi connectivity index (χ0v) is 59.1. The van der Waals surface area contributed by atoms with E-state index < -0.39 is 68.7 Å². The lowest BCUT2D eigenvalue weighted by Crippen LogP contribution is -2.51. The van der Waals surface area contributed by atoms with Gasteiger partial charge in [-0.1, -0.05) is 130 Å². The van der Waals surface area contributed by atoms with E-state index in [1.807, 2.05) is 88.4 Å². The maximum absolute atomic E-state index is 14.3. The van der Waals surface area contributed by atoms with Crippen LogP contribution in [-0.4, -0.2) is 195 Å². The largest absolute Gasteiger partial charge is 0.494 e. The van der Waals surface area contributed by atoms with Crippen molar-refractivity contribution in [1.82, 2.24) is 29.2 Å². The molecule has 2 amide bonds. The molecule has 0 saturated carbocycles. The van der Waals surface area contributed by atoms with Gasteiger partial charge in [-0.25, -0.2) is 26.4 Å². The highest BCUT2D eigenvalue weighted by Crippen LogP contribution is 2.36. The molecule has 0 bridgehead atoms. The van der Waals surface area contributed by atoms with Crippen LogP contribution >= 0.6 is 0 Å². The van der Waals surface area contributed by atoms with Gasteiger partial charge >= 0.3 is 12.2 Å². The molecule has 26 heteroatoms. The fourth-order valence-corrected chi connectivity index (χ4v) is 15.7. The molecule has 4 aliphatic heterocycles. The molecule has 4 aliphatic rings. The number of aliphatic hydroxyl groups is 2. The second-order valence-electron chi connectivity index (χ2n) is 29.0. The molecule has 8 N–H and O–H groups in total. The van der Waals surface area contributed by atoms with Crippen molar-refractivity contribution in [3.63, 3.8) is 0 Å². The molecule has 97 heavy (non-hydrogen) atoms. The molecule has 24 nitrogen and oxygen atoms in total. The lowest BCUT2D eigenvalue weighted by molar-refractivity contribution is -0.0909. The molecule has 4 saturated heterocycles. The van der Waals surface area contributed by atoms with E-state index in [0.717, 1.165) is 24.0 Å². The van der Waals surface area contributed by atoms with E-state index in [9.17, 15) is 46.9 Å². The van der Waals surface area contributed by atoms with Crippen LogP contribution in [0.1, 0.15) is 111 Å². The minimum absolute atomic E-state index is 0.00821. The molecule has 530 valence electrons. The number of hydrogen-bond acceptors (Lipinski definition) is 18. The van der Waals surface area contributed by atoms with Crippen molar-refractivity contribution in [3.05, 3.63) is 119 Å². The van der Waals surface area contributed by atoms with E-state index in [1.54, 1.807) is 25.3 Å². The number of nitrogens with zero attached hydrogens (tertiary/aromatic N) is 4. The number of aromatic nitrogens is 2. The number of carbonyl (C=O) groups excluding carboxylic acids is 2. The number of H-pyrrole nitrogens is 2. The molecule has 10 atom stereocenters. The summed E-state index contributed by atoms with van der Waals surface area (Å²) in [7, 11) is -8.29. The van der Waals surface area contributed by atoms with Crippen molar-refractivity contribution in [3.8, 4) is 11.8 Å².